The molecule has 1 saturated heterocycles. The summed E-state index contributed by atoms with van der Waals surface area (Å²) < 4.78 is 0. The summed E-state index contributed by atoms with van der Waals surface area (Å²) in [4.78, 5) is 19.7. The number of nitrogens with zero attached hydrogens (tertiary/aromatic N) is 3. The Hall–Kier alpha value is -2.41. The molecular weight excluding hydrogens is 398 g/mol. The number of hydrogen-bond donors (Lipinski definition) is 2. The van der Waals surface area contributed by atoms with Crippen molar-refractivity contribution in [3.8, 4) is 0 Å². The first-order chi connectivity index (χ1) is 15.5. The molecule has 3 rings (SSSR count). The summed E-state index contributed by atoms with van der Waals surface area (Å²) in [5.41, 5.74) is 3.77. The van der Waals surface area contributed by atoms with Gasteiger partial charge < -0.3 is 20.4 Å². The number of benzene rings is 2. The Bertz CT molecular complexity index is 818. The Balaban J connectivity index is 1.47. The van der Waals surface area contributed by atoms with Gasteiger partial charge in [-0.15, -0.1) is 0 Å². The maximum Gasteiger partial charge on any atom is 0.315 e. The van der Waals surface area contributed by atoms with Crippen molar-refractivity contribution in [1.82, 2.24) is 25.3 Å². The summed E-state index contributed by atoms with van der Waals surface area (Å²) >= 11 is 0. The average Bonchev–Trinajstić information content (AvgIpc) is 2.82. The number of amides is 2. The molecule has 6 heteroatoms. The van der Waals surface area contributed by atoms with Crippen LogP contribution in [-0.2, 0) is 19.5 Å². The zero-order valence-corrected chi connectivity index (χ0v) is 19.9. The second kappa shape index (κ2) is 12.6. The molecule has 174 valence electrons. The van der Waals surface area contributed by atoms with Gasteiger partial charge in [0.2, 0.25) is 0 Å². The van der Waals surface area contributed by atoms with Gasteiger partial charge in [0.05, 0.1) is 0 Å². The van der Waals surface area contributed by atoms with E-state index in [1.807, 2.05) is 6.07 Å². The minimum absolute atomic E-state index is 0.115. The predicted octanol–water partition coefficient (Wildman–Crippen LogP) is 2.80. The second-order valence-corrected chi connectivity index (χ2v) is 8.85. The monoisotopic (exact) mass is 437 g/mol. The molecule has 1 heterocycles. The van der Waals surface area contributed by atoms with Crippen LogP contribution in [0.4, 0.5) is 4.79 Å². The summed E-state index contributed by atoms with van der Waals surface area (Å²) in [5, 5.41) is 6.11. The van der Waals surface area contributed by atoms with Gasteiger partial charge in [0.25, 0.3) is 0 Å². The van der Waals surface area contributed by atoms with E-state index in [1.165, 1.54) is 16.7 Å². The SMILES string of the molecule is CCN1CCN(Cc2ccccc2CNC(=O)NCC(Cc2ccccc2)N(C)C)CC1. The molecule has 1 aliphatic heterocycles. The van der Waals surface area contributed by atoms with E-state index in [1.54, 1.807) is 0 Å². The van der Waals surface area contributed by atoms with E-state index in [4.69, 9.17) is 0 Å². The van der Waals surface area contributed by atoms with Gasteiger partial charge in [-0.2, -0.15) is 0 Å². The molecule has 1 aliphatic rings. The molecule has 2 aromatic carbocycles. The summed E-state index contributed by atoms with van der Waals surface area (Å²) in [6.07, 6.45) is 0.905. The van der Waals surface area contributed by atoms with Crippen LogP contribution in [0.3, 0.4) is 0 Å². The molecule has 0 saturated carbocycles. The lowest BCUT2D eigenvalue weighted by Crippen LogP contribution is -2.46. The Morgan fingerprint density at radius 1 is 0.906 bits per heavy atom. The van der Waals surface area contributed by atoms with Gasteiger partial charge in [0, 0.05) is 51.9 Å². The fourth-order valence-corrected chi connectivity index (χ4v) is 4.16. The first-order valence-corrected chi connectivity index (χ1v) is 11.8. The lowest BCUT2D eigenvalue weighted by molar-refractivity contribution is 0.131. The van der Waals surface area contributed by atoms with Crippen LogP contribution in [0.15, 0.2) is 54.6 Å². The van der Waals surface area contributed by atoms with Crippen molar-refractivity contribution in [3.05, 3.63) is 71.3 Å². The lowest BCUT2D eigenvalue weighted by Gasteiger charge is -2.34. The van der Waals surface area contributed by atoms with E-state index in [-0.39, 0.29) is 12.1 Å². The molecule has 0 aliphatic carbocycles. The molecular formula is C26H39N5O. The van der Waals surface area contributed by atoms with Crippen LogP contribution in [0.2, 0.25) is 0 Å². The molecule has 2 N–H and O–H groups in total. The van der Waals surface area contributed by atoms with Crippen molar-refractivity contribution in [2.45, 2.75) is 32.5 Å². The van der Waals surface area contributed by atoms with Crippen molar-refractivity contribution in [3.63, 3.8) is 0 Å². The number of nitrogens with one attached hydrogen (secondary N) is 2. The van der Waals surface area contributed by atoms with Crippen LogP contribution in [0.25, 0.3) is 0 Å². The molecule has 0 radical (unpaired) electrons. The maximum absolute atomic E-state index is 12.5. The van der Waals surface area contributed by atoms with E-state index in [2.05, 4.69) is 94.9 Å². The lowest BCUT2D eigenvalue weighted by atomic mass is 10.1. The van der Waals surface area contributed by atoms with Gasteiger partial charge in [-0.1, -0.05) is 61.5 Å². The highest BCUT2D eigenvalue weighted by Crippen LogP contribution is 2.14. The third kappa shape index (κ3) is 7.62. The minimum atomic E-state index is -0.115. The summed E-state index contributed by atoms with van der Waals surface area (Å²) in [6, 6.07) is 19.0. The fourth-order valence-electron chi connectivity index (χ4n) is 4.16. The van der Waals surface area contributed by atoms with Gasteiger partial charge in [0.1, 0.15) is 0 Å². The fraction of sp³-hybridized carbons (Fsp3) is 0.500. The first kappa shape index (κ1) is 24.2. The zero-order chi connectivity index (χ0) is 22.8. The van der Waals surface area contributed by atoms with E-state index in [0.29, 0.717) is 13.1 Å². The number of urea groups is 1. The molecule has 32 heavy (non-hydrogen) atoms. The third-order valence-electron chi connectivity index (χ3n) is 6.41. The smallest absolute Gasteiger partial charge is 0.315 e. The van der Waals surface area contributed by atoms with Crippen LogP contribution in [0.1, 0.15) is 23.6 Å². The highest BCUT2D eigenvalue weighted by atomic mass is 16.2. The standard InChI is InChI=1S/C26H39N5O/c1-4-30-14-16-31(17-15-30)21-24-13-9-8-12-23(24)19-27-26(32)28-20-25(29(2)3)18-22-10-6-5-7-11-22/h5-13,25H,4,14-21H2,1-3H3,(H2,27,28,32). The predicted molar refractivity (Wildman–Crippen MR) is 132 cm³/mol. The largest absolute Gasteiger partial charge is 0.337 e. The van der Waals surface area contributed by atoms with Crippen molar-refractivity contribution in [2.24, 2.45) is 0 Å². The molecule has 1 fully saturated rings. The van der Waals surface area contributed by atoms with E-state index < -0.39 is 0 Å². The normalized spacial score (nSPS) is 16.1. The minimum Gasteiger partial charge on any atom is -0.337 e. The highest BCUT2D eigenvalue weighted by molar-refractivity contribution is 5.73. The molecule has 1 unspecified atom stereocenters. The first-order valence-electron chi connectivity index (χ1n) is 11.8. The van der Waals surface area contributed by atoms with Crippen molar-refractivity contribution >= 4 is 6.03 Å². The van der Waals surface area contributed by atoms with E-state index in [0.717, 1.165) is 45.7 Å². The van der Waals surface area contributed by atoms with E-state index >= 15 is 0 Å². The van der Waals surface area contributed by atoms with Crippen molar-refractivity contribution < 1.29 is 4.79 Å². The molecule has 2 aromatic rings. The number of carbonyl (C=O) groups excluding carboxylic acids is 1. The summed E-state index contributed by atoms with van der Waals surface area (Å²) in [5.74, 6) is 0. The quantitative estimate of drug-likeness (QED) is 0.600. The van der Waals surface area contributed by atoms with E-state index in [9.17, 15) is 4.79 Å². The van der Waals surface area contributed by atoms with Crippen LogP contribution in [0, 0.1) is 0 Å². The Morgan fingerprint density at radius 3 is 2.19 bits per heavy atom. The van der Waals surface area contributed by atoms with Gasteiger partial charge >= 0.3 is 6.03 Å². The number of likely N-dealkylation sites (N-methyl/N-ethyl adjacent to an activating group) is 2. The third-order valence-corrected chi connectivity index (χ3v) is 6.41. The van der Waals surface area contributed by atoms with Crippen LogP contribution < -0.4 is 10.6 Å². The van der Waals surface area contributed by atoms with Crippen LogP contribution >= 0.6 is 0 Å². The zero-order valence-electron chi connectivity index (χ0n) is 19.9. The summed E-state index contributed by atoms with van der Waals surface area (Å²) in [7, 11) is 4.12. The molecule has 0 bridgehead atoms. The average molecular weight is 438 g/mol. The highest BCUT2D eigenvalue weighted by Gasteiger charge is 2.17. The summed E-state index contributed by atoms with van der Waals surface area (Å²) in [6.45, 7) is 9.92. The molecule has 2 amide bonds. The second-order valence-electron chi connectivity index (χ2n) is 8.85. The van der Waals surface area contributed by atoms with Crippen molar-refractivity contribution in [2.75, 3.05) is 53.4 Å². The van der Waals surface area contributed by atoms with Gasteiger partial charge in [-0.05, 0) is 43.8 Å². The van der Waals surface area contributed by atoms with Gasteiger partial charge in [0.15, 0.2) is 0 Å². The number of hydrogen-bond acceptors (Lipinski definition) is 4. The van der Waals surface area contributed by atoms with Gasteiger partial charge in [-0.3, -0.25) is 4.90 Å². The Labute approximate surface area is 193 Å². The Kier molecular flexibility index (Phi) is 9.53. The molecule has 6 nitrogen and oxygen atoms in total. The molecule has 1 atom stereocenters. The Morgan fingerprint density at radius 2 is 1.53 bits per heavy atom. The number of carbonyl (C=O) groups is 1. The number of rotatable bonds is 10. The van der Waals surface area contributed by atoms with Gasteiger partial charge in [-0.25, -0.2) is 4.79 Å². The number of piperazine rings is 1. The topological polar surface area (TPSA) is 50.9 Å². The maximum atomic E-state index is 12.5. The van der Waals surface area contributed by atoms with Crippen molar-refractivity contribution in [1.29, 1.82) is 0 Å². The molecule has 0 spiro atoms. The molecule has 0 aromatic heterocycles. The van der Waals surface area contributed by atoms with Crippen LogP contribution in [-0.4, -0.2) is 80.1 Å². The van der Waals surface area contributed by atoms with Crippen LogP contribution in [0.5, 0.6) is 0 Å².